The Morgan fingerprint density at radius 2 is 2.07 bits per heavy atom. The van der Waals surface area contributed by atoms with Gasteiger partial charge in [0.05, 0.1) is 12.2 Å². The summed E-state index contributed by atoms with van der Waals surface area (Å²) in [6, 6.07) is 9.58. The number of benzene rings is 1. The van der Waals surface area contributed by atoms with Crippen LogP contribution in [0.1, 0.15) is 35.8 Å². The molecule has 3 aromatic rings. The highest BCUT2D eigenvalue weighted by Crippen LogP contribution is 2.31. The Hall–Kier alpha value is -3.25. The Bertz CT molecular complexity index is 1030. The van der Waals surface area contributed by atoms with Gasteiger partial charge in [-0.15, -0.1) is 21.5 Å². The fraction of sp³-hybridized carbons (Fsp3) is 0.350. The Kier molecular flexibility index (Phi) is 6.57. The number of unbranched alkanes of at least 4 members (excludes halogenated alkanes) is 1. The van der Waals surface area contributed by atoms with E-state index in [0.29, 0.717) is 23.0 Å². The molecular formula is C20H22N6O2S. The van der Waals surface area contributed by atoms with E-state index in [1.54, 1.807) is 0 Å². The van der Waals surface area contributed by atoms with Crippen molar-refractivity contribution in [1.82, 2.24) is 20.2 Å². The second kappa shape index (κ2) is 9.30. The van der Waals surface area contributed by atoms with E-state index in [9.17, 15) is 10.1 Å². The number of carbonyl (C=O) groups excluding carboxylic acids is 1. The van der Waals surface area contributed by atoms with Crippen molar-refractivity contribution in [3.63, 3.8) is 0 Å². The van der Waals surface area contributed by atoms with Gasteiger partial charge in [0.25, 0.3) is 0 Å². The van der Waals surface area contributed by atoms with Gasteiger partial charge in [-0.05, 0) is 55.3 Å². The number of hydrogen-bond donors (Lipinski definition) is 1. The average molecular weight is 411 g/mol. The smallest absolute Gasteiger partial charge is 0.248 e. The number of aromatic nitrogens is 4. The Morgan fingerprint density at radius 3 is 2.76 bits per heavy atom. The minimum Gasteiger partial charge on any atom is -0.494 e. The number of nitrogens with zero attached hydrogens (tertiary/aromatic N) is 5. The number of aryl methyl sites for hydroxylation is 1. The minimum atomic E-state index is -0.314. The van der Waals surface area contributed by atoms with Crippen molar-refractivity contribution in [3.05, 3.63) is 40.3 Å². The number of hydrogen-bond acceptors (Lipinski definition) is 7. The Morgan fingerprint density at radius 1 is 1.31 bits per heavy atom. The highest BCUT2D eigenvalue weighted by atomic mass is 32.1. The molecule has 9 heteroatoms. The number of anilines is 1. The first kappa shape index (κ1) is 20.5. The van der Waals surface area contributed by atoms with Crippen LogP contribution in [0.2, 0.25) is 0 Å². The molecule has 0 unspecified atom stereocenters. The predicted octanol–water partition coefficient (Wildman–Crippen LogP) is 3.71. The van der Waals surface area contributed by atoms with Gasteiger partial charge in [-0.1, -0.05) is 13.3 Å². The van der Waals surface area contributed by atoms with E-state index in [1.165, 1.54) is 16.1 Å². The number of thiophene rings is 1. The van der Waals surface area contributed by atoms with Crippen molar-refractivity contribution < 1.29 is 9.53 Å². The molecule has 0 aliphatic rings. The van der Waals surface area contributed by atoms with E-state index in [0.717, 1.165) is 34.6 Å². The van der Waals surface area contributed by atoms with E-state index < -0.39 is 0 Å². The monoisotopic (exact) mass is 410 g/mol. The van der Waals surface area contributed by atoms with E-state index in [1.807, 2.05) is 38.1 Å². The third-order valence-corrected chi connectivity index (χ3v) is 5.49. The number of nitrogens with one attached hydrogen (secondary N) is 1. The summed E-state index contributed by atoms with van der Waals surface area (Å²) in [5, 5.41) is 24.8. The van der Waals surface area contributed by atoms with E-state index in [4.69, 9.17) is 4.74 Å². The second-order valence-electron chi connectivity index (χ2n) is 6.52. The Balaban J connectivity index is 1.62. The van der Waals surface area contributed by atoms with Crippen molar-refractivity contribution in [2.45, 2.75) is 40.2 Å². The molecule has 0 aliphatic heterocycles. The lowest BCUT2D eigenvalue weighted by atomic mass is 10.2. The molecule has 3 rings (SSSR count). The van der Waals surface area contributed by atoms with Gasteiger partial charge in [0.1, 0.15) is 23.4 Å². The summed E-state index contributed by atoms with van der Waals surface area (Å²) >= 11 is 1.38. The zero-order valence-electron chi connectivity index (χ0n) is 16.6. The van der Waals surface area contributed by atoms with Crippen LogP contribution in [-0.2, 0) is 11.3 Å². The quantitative estimate of drug-likeness (QED) is 0.568. The third-order valence-electron chi connectivity index (χ3n) is 4.37. The van der Waals surface area contributed by atoms with Crippen LogP contribution in [0, 0.1) is 25.2 Å². The number of ether oxygens (including phenoxy) is 1. The van der Waals surface area contributed by atoms with Crippen LogP contribution in [0.3, 0.4) is 0 Å². The van der Waals surface area contributed by atoms with Gasteiger partial charge in [-0.25, -0.2) is 0 Å². The number of rotatable bonds is 8. The first-order valence-electron chi connectivity index (χ1n) is 9.32. The lowest BCUT2D eigenvalue weighted by molar-refractivity contribution is -0.117. The number of amides is 1. The van der Waals surface area contributed by atoms with Crippen LogP contribution in [0.5, 0.6) is 5.75 Å². The molecule has 0 bridgehead atoms. The van der Waals surface area contributed by atoms with Gasteiger partial charge in [0, 0.05) is 10.4 Å². The van der Waals surface area contributed by atoms with Gasteiger partial charge >= 0.3 is 0 Å². The molecule has 0 aliphatic carbocycles. The molecule has 8 nitrogen and oxygen atoms in total. The van der Waals surface area contributed by atoms with Crippen molar-refractivity contribution >= 4 is 22.2 Å². The summed E-state index contributed by atoms with van der Waals surface area (Å²) in [7, 11) is 0. The fourth-order valence-electron chi connectivity index (χ4n) is 2.60. The fourth-order valence-corrected chi connectivity index (χ4v) is 3.63. The predicted molar refractivity (Wildman–Crippen MR) is 111 cm³/mol. The van der Waals surface area contributed by atoms with Gasteiger partial charge in [-0.2, -0.15) is 10.1 Å². The molecule has 29 heavy (non-hydrogen) atoms. The number of carbonyl (C=O) groups is 1. The maximum Gasteiger partial charge on any atom is 0.248 e. The molecule has 0 radical (unpaired) electrons. The van der Waals surface area contributed by atoms with Crippen LogP contribution in [0.4, 0.5) is 5.00 Å². The molecule has 2 aromatic heterocycles. The van der Waals surface area contributed by atoms with Crippen LogP contribution in [0.25, 0.3) is 11.4 Å². The summed E-state index contributed by atoms with van der Waals surface area (Å²) in [4.78, 5) is 14.6. The summed E-state index contributed by atoms with van der Waals surface area (Å²) in [6.45, 7) is 6.50. The molecular weight excluding hydrogens is 388 g/mol. The average Bonchev–Trinajstić information content (AvgIpc) is 3.27. The summed E-state index contributed by atoms with van der Waals surface area (Å²) in [6.07, 6.45) is 2.10. The van der Waals surface area contributed by atoms with Crippen LogP contribution in [0.15, 0.2) is 24.3 Å². The maximum absolute atomic E-state index is 12.3. The maximum atomic E-state index is 12.3. The van der Waals surface area contributed by atoms with Crippen molar-refractivity contribution in [3.8, 4) is 23.2 Å². The normalized spacial score (nSPS) is 10.6. The Labute approximate surface area is 173 Å². The summed E-state index contributed by atoms with van der Waals surface area (Å²) in [5.41, 5.74) is 2.17. The summed E-state index contributed by atoms with van der Waals surface area (Å²) in [5.74, 6) is 0.911. The molecule has 1 aromatic carbocycles. The number of nitriles is 1. The van der Waals surface area contributed by atoms with Crippen LogP contribution < -0.4 is 10.1 Å². The van der Waals surface area contributed by atoms with E-state index in [-0.39, 0.29) is 12.5 Å². The van der Waals surface area contributed by atoms with Gasteiger partial charge < -0.3 is 10.1 Å². The molecule has 150 valence electrons. The third kappa shape index (κ3) is 4.97. The van der Waals surface area contributed by atoms with Gasteiger partial charge in [0.15, 0.2) is 0 Å². The molecule has 1 amide bonds. The second-order valence-corrected chi connectivity index (χ2v) is 7.74. The first-order valence-corrected chi connectivity index (χ1v) is 10.1. The highest BCUT2D eigenvalue weighted by Gasteiger charge is 2.16. The van der Waals surface area contributed by atoms with Crippen molar-refractivity contribution in [2.75, 3.05) is 11.9 Å². The summed E-state index contributed by atoms with van der Waals surface area (Å²) < 4.78 is 5.64. The van der Waals surface area contributed by atoms with Crippen LogP contribution >= 0.6 is 11.3 Å². The standard InChI is InChI=1S/C20H22N6O2S/c1-4-5-10-28-16-8-6-15(7-9-16)19-23-25-26(24-19)12-18(27)22-20-17(11-21)13(2)14(3)29-20/h6-9H,4-5,10,12H2,1-3H3,(H,22,27). The molecule has 1 N–H and O–H groups in total. The SMILES string of the molecule is CCCCOc1ccc(-c2nnn(CC(=O)Nc3sc(C)c(C)c3C#N)n2)cc1. The first-order chi connectivity index (χ1) is 14.0. The molecule has 0 saturated heterocycles. The molecule has 0 spiro atoms. The van der Waals surface area contributed by atoms with E-state index >= 15 is 0 Å². The molecule has 0 fully saturated rings. The lowest BCUT2D eigenvalue weighted by Crippen LogP contribution is -2.20. The zero-order chi connectivity index (χ0) is 20.8. The molecule has 0 saturated carbocycles. The lowest BCUT2D eigenvalue weighted by Gasteiger charge is -2.05. The zero-order valence-corrected chi connectivity index (χ0v) is 17.4. The largest absolute Gasteiger partial charge is 0.494 e. The topological polar surface area (TPSA) is 106 Å². The highest BCUT2D eigenvalue weighted by molar-refractivity contribution is 7.16. The molecule has 2 heterocycles. The van der Waals surface area contributed by atoms with Crippen LogP contribution in [-0.4, -0.2) is 32.7 Å². The van der Waals surface area contributed by atoms with Gasteiger partial charge in [0.2, 0.25) is 11.7 Å². The molecule has 0 atom stereocenters. The van der Waals surface area contributed by atoms with Crippen molar-refractivity contribution in [1.29, 1.82) is 5.26 Å². The van der Waals surface area contributed by atoms with E-state index in [2.05, 4.69) is 33.7 Å². The minimum absolute atomic E-state index is 0.0912. The van der Waals surface area contributed by atoms with Crippen molar-refractivity contribution in [2.24, 2.45) is 0 Å². The van der Waals surface area contributed by atoms with Gasteiger partial charge in [-0.3, -0.25) is 4.79 Å². The number of tetrazole rings is 1.